The lowest BCUT2D eigenvalue weighted by Gasteiger charge is -2.23. The molecule has 0 bridgehead atoms. The minimum atomic E-state index is -0.126. The van der Waals surface area contributed by atoms with Crippen molar-refractivity contribution >= 4 is 5.91 Å². The molecule has 162 valence electrons. The number of carbonyl (C=O) groups excluding carboxylic acids is 1. The van der Waals surface area contributed by atoms with Gasteiger partial charge in [0.15, 0.2) is 0 Å². The Labute approximate surface area is 187 Å². The summed E-state index contributed by atoms with van der Waals surface area (Å²) in [6, 6.07) is 25.0. The van der Waals surface area contributed by atoms with Crippen LogP contribution in [-0.2, 0) is 0 Å². The van der Waals surface area contributed by atoms with Gasteiger partial charge >= 0.3 is 0 Å². The van der Waals surface area contributed by atoms with Gasteiger partial charge in [0.1, 0.15) is 0 Å². The molecule has 0 saturated heterocycles. The maximum Gasteiger partial charge on any atom is 0.251 e. The molecular weight excluding hydrogens is 400 g/mol. The first-order valence-corrected chi connectivity index (χ1v) is 10.5. The minimum Gasteiger partial charge on any atom is -0.416 e. The SMILES string of the molecule is Cc1ccccc1-c1nnc(-c2ccc(C(=O)N[C@@H](CN(C)C)c3ccccc3)cc2)o1. The summed E-state index contributed by atoms with van der Waals surface area (Å²) in [6.07, 6.45) is 0. The molecule has 4 aromatic rings. The third-order valence-electron chi connectivity index (χ3n) is 5.25. The lowest BCUT2D eigenvalue weighted by molar-refractivity contribution is 0.0930. The average Bonchev–Trinajstić information content (AvgIpc) is 3.29. The Bertz CT molecular complexity index is 1180. The van der Waals surface area contributed by atoms with Crippen molar-refractivity contribution in [3.05, 3.63) is 95.6 Å². The molecule has 0 radical (unpaired) electrons. The van der Waals surface area contributed by atoms with E-state index in [9.17, 15) is 4.79 Å². The Balaban J connectivity index is 1.50. The van der Waals surface area contributed by atoms with Gasteiger partial charge in [0, 0.05) is 23.2 Å². The Kier molecular flexibility index (Phi) is 6.42. The molecule has 32 heavy (non-hydrogen) atoms. The first kappa shape index (κ1) is 21.5. The average molecular weight is 427 g/mol. The van der Waals surface area contributed by atoms with E-state index in [2.05, 4.69) is 20.4 Å². The van der Waals surface area contributed by atoms with Gasteiger partial charge < -0.3 is 14.6 Å². The molecular formula is C26H26N4O2. The number of carbonyl (C=O) groups is 1. The summed E-state index contributed by atoms with van der Waals surface area (Å²) < 4.78 is 5.87. The van der Waals surface area contributed by atoms with E-state index >= 15 is 0 Å². The van der Waals surface area contributed by atoms with Gasteiger partial charge in [0.05, 0.1) is 6.04 Å². The Morgan fingerprint density at radius 3 is 2.25 bits per heavy atom. The summed E-state index contributed by atoms with van der Waals surface area (Å²) in [5.41, 5.74) is 4.39. The van der Waals surface area contributed by atoms with Crippen LogP contribution in [0, 0.1) is 6.92 Å². The van der Waals surface area contributed by atoms with E-state index in [0.717, 1.165) is 22.3 Å². The summed E-state index contributed by atoms with van der Waals surface area (Å²) >= 11 is 0. The predicted octanol–water partition coefficient (Wildman–Crippen LogP) is 4.74. The molecule has 6 nitrogen and oxygen atoms in total. The van der Waals surface area contributed by atoms with Gasteiger partial charge in [0.25, 0.3) is 5.91 Å². The van der Waals surface area contributed by atoms with Crippen LogP contribution in [0.3, 0.4) is 0 Å². The molecule has 1 heterocycles. The van der Waals surface area contributed by atoms with Gasteiger partial charge in [-0.05, 0) is 62.5 Å². The monoisotopic (exact) mass is 426 g/mol. The van der Waals surface area contributed by atoms with Crippen LogP contribution < -0.4 is 5.32 Å². The second kappa shape index (κ2) is 9.58. The van der Waals surface area contributed by atoms with Gasteiger partial charge in [-0.2, -0.15) is 0 Å². The number of aryl methyl sites for hydroxylation is 1. The fourth-order valence-electron chi connectivity index (χ4n) is 3.55. The molecule has 0 saturated carbocycles. The summed E-state index contributed by atoms with van der Waals surface area (Å²) in [4.78, 5) is 15.0. The topological polar surface area (TPSA) is 71.3 Å². The van der Waals surface area contributed by atoms with Crippen LogP contribution in [0.4, 0.5) is 0 Å². The molecule has 4 rings (SSSR count). The second-order valence-electron chi connectivity index (χ2n) is 8.00. The van der Waals surface area contributed by atoms with E-state index in [4.69, 9.17) is 4.42 Å². The summed E-state index contributed by atoms with van der Waals surface area (Å²) in [5.74, 6) is 0.776. The highest BCUT2D eigenvalue weighted by molar-refractivity contribution is 5.94. The molecule has 0 aliphatic carbocycles. The molecule has 0 unspecified atom stereocenters. The zero-order valence-corrected chi connectivity index (χ0v) is 18.4. The maximum atomic E-state index is 12.9. The van der Waals surface area contributed by atoms with Crippen LogP contribution in [0.25, 0.3) is 22.9 Å². The quantitative estimate of drug-likeness (QED) is 0.462. The van der Waals surface area contributed by atoms with Crippen molar-refractivity contribution in [2.24, 2.45) is 0 Å². The van der Waals surface area contributed by atoms with E-state index in [-0.39, 0.29) is 11.9 Å². The first-order chi connectivity index (χ1) is 15.5. The Morgan fingerprint density at radius 2 is 1.56 bits per heavy atom. The van der Waals surface area contributed by atoms with Crippen molar-refractivity contribution < 1.29 is 9.21 Å². The van der Waals surface area contributed by atoms with Crippen LogP contribution in [-0.4, -0.2) is 41.6 Å². The van der Waals surface area contributed by atoms with Crippen LogP contribution in [0.15, 0.2) is 83.3 Å². The van der Waals surface area contributed by atoms with Gasteiger partial charge in [-0.3, -0.25) is 4.79 Å². The first-order valence-electron chi connectivity index (χ1n) is 10.5. The third-order valence-corrected chi connectivity index (χ3v) is 5.25. The molecule has 0 aliphatic rings. The Hall–Kier alpha value is -3.77. The highest BCUT2D eigenvalue weighted by atomic mass is 16.4. The zero-order chi connectivity index (χ0) is 22.5. The van der Waals surface area contributed by atoms with Crippen molar-refractivity contribution in [2.75, 3.05) is 20.6 Å². The van der Waals surface area contributed by atoms with Gasteiger partial charge in [-0.15, -0.1) is 10.2 Å². The molecule has 1 N–H and O–H groups in total. The van der Waals surface area contributed by atoms with Crippen LogP contribution >= 0.6 is 0 Å². The molecule has 3 aromatic carbocycles. The third kappa shape index (κ3) is 4.92. The van der Waals surface area contributed by atoms with Crippen molar-refractivity contribution in [3.8, 4) is 22.9 Å². The minimum absolute atomic E-state index is 0.106. The van der Waals surface area contributed by atoms with Crippen molar-refractivity contribution in [1.29, 1.82) is 0 Å². The highest BCUT2D eigenvalue weighted by Crippen LogP contribution is 2.26. The molecule has 1 atom stereocenters. The maximum absolute atomic E-state index is 12.9. The van der Waals surface area contributed by atoms with Crippen LogP contribution in [0.2, 0.25) is 0 Å². The normalized spacial score (nSPS) is 12.0. The van der Waals surface area contributed by atoms with Crippen molar-refractivity contribution in [2.45, 2.75) is 13.0 Å². The molecule has 0 aliphatic heterocycles. The lowest BCUT2D eigenvalue weighted by atomic mass is 10.1. The number of benzene rings is 3. The van der Waals surface area contributed by atoms with E-state index < -0.39 is 0 Å². The number of hydrogen-bond donors (Lipinski definition) is 1. The lowest BCUT2D eigenvalue weighted by Crippen LogP contribution is -2.35. The smallest absolute Gasteiger partial charge is 0.251 e. The number of hydrogen-bond acceptors (Lipinski definition) is 5. The van der Waals surface area contributed by atoms with E-state index in [1.54, 1.807) is 12.1 Å². The number of amides is 1. The number of likely N-dealkylation sites (N-methyl/N-ethyl adjacent to an activating group) is 1. The largest absolute Gasteiger partial charge is 0.416 e. The molecule has 1 aromatic heterocycles. The number of nitrogens with zero attached hydrogens (tertiary/aromatic N) is 3. The molecule has 6 heteroatoms. The van der Waals surface area contributed by atoms with Crippen molar-refractivity contribution in [1.82, 2.24) is 20.4 Å². The second-order valence-corrected chi connectivity index (χ2v) is 8.00. The molecule has 0 fully saturated rings. The van der Waals surface area contributed by atoms with Crippen LogP contribution in [0.5, 0.6) is 0 Å². The standard InChI is InChI=1S/C26H26N4O2/c1-18-9-7-8-12-22(18)26-29-28-25(32-26)21-15-13-20(14-16-21)24(31)27-23(17-30(2)3)19-10-5-4-6-11-19/h4-16,23H,17H2,1-3H3,(H,27,31)/t23-/m0/s1. The number of aromatic nitrogens is 2. The molecule has 1 amide bonds. The summed E-state index contributed by atoms with van der Waals surface area (Å²) in [5, 5.41) is 11.5. The van der Waals surface area contributed by atoms with Gasteiger partial charge in [0.2, 0.25) is 11.8 Å². The highest BCUT2D eigenvalue weighted by Gasteiger charge is 2.17. The fourth-order valence-corrected chi connectivity index (χ4v) is 3.55. The zero-order valence-electron chi connectivity index (χ0n) is 18.4. The van der Waals surface area contributed by atoms with Crippen molar-refractivity contribution in [3.63, 3.8) is 0 Å². The summed E-state index contributed by atoms with van der Waals surface area (Å²) in [7, 11) is 3.99. The number of nitrogens with one attached hydrogen (secondary N) is 1. The van der Waals surface area contributed by atoms with E-state index in [0.29, 0.717) is 23.9 Å². The fraction of sp³-hybridized carbons (Fsp3) is 0.192. The van der Waals surface area contributed by atoms with Gasteiger partial charge in [-0.1, -0.05) is 48.5 Å². The Morgan fingerprint density at radius 1 is 0.906 bits per heavy atom. The number of rotatable bonds is 7. The summed E-state index contributed by atoms with van der Waals surface area (Å²) in [6.45, 7) is 2.71. The molecule has 0 spiro atoms. The predicted molar refractivity (Wildman–Crippen MR) is 125 cm³/mol. The van der Waals surface area contributed by atoms with E-state index in [1.807, 2.05) is 87.7 Å². The van der Waals surface area contributed by atoms with Gasteiger partial charge in [-0.25, -0.2) is 0 Å². The van der Waals surface area contributed by atoms with Crippen LogP contribution in [0.1, 0.15) is 27.5 Å². The van der Waals surface area contributed by atoms with E-state index in [1.165, 1.54) is 0 Å².